The summed E-state index contributed by atoms with van der Waals surface area (Å²) in [6.07, 6.45) is 2.30. The van der Waals surface area contributed by atoms with Crippen molar-refractivity contribution in [3.05, 3.63) is 12.0 Å². The van der Waals surface area contributed by atoms with Gasteiger partial charge in [-0.25, -0.2) is 4.79 Å². The maximum Gasteiger partial charge on any atom is 0.368 e. The van der Waals surface area contributed by atoms with Crippen LogP contribution in [-0.4, -0.2) is 11.2 Å². The predicted octanol–water partition coefficient (Wildman–Crippen LogP) is -0.0379. The Hall–Kier alpha value is -1.90. The van der Waals surface area contributed by atoms with E-state index in [1.807, 2.05) is 6.07 Å². The highest BCUT2D eigenvalue weighted by atomic mass is 16.7. The molecule has 6 heteroatoms. The third-order valence-corrected chi connectivity index (χ3v) is 1.23. The van der Waals surface area contributed by atoms with Crippen LogP contribution in [0.15, 0.2) is 12.0 Å². The van der Waals surface area contributed by atoms with E-state index in [2.05, 4.69) is 5.43 Å². The number of nitrogens with zero attached hydrogens (tertiary/aromatic N) is 2. The van der Waals surface area contributed by atoms with Gasteiger partial charge in [0.15, 0.2) is 5.76 Å². The molecule has 64 valence electrons. The molecule has 0 aromatic rings. The molecule has 2 amide bonds. The second kappa shape index (κ2) is 3.48. The summed E-state index contributed by atoms with van der Waals surface area (Å²) in [5, 5.41) is 9.04. The molecule has 0 radical (unpaired) electrons. The summed E-state index contributed by atoms with van der Waals surface area (Å²) in [5.74, 6) is 0.523. The van der Waals surface area contributed by atoms with Crippen molar-refractivity contribution in [3.8, 4) is 6.07 Å². The van der Waals surface area contributed by atoms with Crippen molar-refractivity contribution in [2.45, 2.75) is 12.8 Å². The SMILES string of the molecule is N#CCCC1=CNN(C(N)=O)O1. The molecule has 6 nitrogen and oxygen atoms in total. The van der Waals surface area contributed by atoms with Crippen molar-refractivity contribution in [2.24, 2.45) is 5.73 Å². The van der Waals surface area contributed by atoms with Crippen molar-refractivity contribution in [1.29, 1.82) is 5.26 Å². The molecule has 0 saturated carbocycles. The van der Waals surface area contributed by atoms with Crippen LogP contribution in [-0.2, 0) is 4.84 Å². The Labute approximate surface area is 69.1 Å². The van der Waals surface area contributed by atoms with E-state index >= 15 is 0 Å². The largest absolute Gasteiger partial charge is 0.368 e. The molecule has 1 heterocycles. The molecule has 0 bridgehead atoms. The maximum atomic E-state index is 10.5. The van der Waals surface area contributed by atoms with Gasteiger partial charge in [0.1, 0.15) is 0 Å². The molecule has 1 aliphatic heterocycles. The molecular formula is C6H8N4O2. The lowest BCUT2D eigenvalue weighted by Gasteiger charge is -2.11. The van der Waals surface area contributed by atoms with Gasteiger partial charge < -0.3 is 10.6 Å². The first-order valence-electron chi connectivity index (χ1n) is 3.33. The monoisotopic (exact) mass is 168 g/mol. The fraction of sp³-hybridized carbons (Fsp3) is 0.333. The van der Waals surface area contributed by atoms with Crippen LogP contribution in [0.1, 0.15) is 12.8 Å². The van der Waals surface area contributed by atoms with E-state index in [0.29, 0.717) is 18.6 Å². The van der Waals surface area contributed by atoms with Gasteiger partial charge in [0.2, 0.25) is 0 Å². The van der Waals surface area contributed by atoms with Crippen LogP contribution in [0.5, 0.6) is 0 Å². The summed E-state index contributed by atoms with van der Waals surface area (Å²) in [7, 11) is 0. The van der Waals surface area contributed by atoms with E-state index in [1.165, 1.54) is 6.20 Å². The lowest BCUT2D eigenvalue weighted by atomic mass is 10.3. The number of urea groups is 1. The Morgan fingerprint density at radius 2 is 2.67 bits per heavy atom. The number of carbonyl (C=O) groups is 1. The molecule has 0 aromatic carbocycles. The topological polar surface area (TPSA) is 91.4 Å². The van der Waals surface area contributed by atoms with Gasteiger partial charge in [-0.2, -0.15) is 5.26 Å². The number of nitrogens with two attached hydrogens (primary N) is 1. The fourth-order valence-electron chi connectivity index (χ4n) is 0.706. The minimum absolute atomic E-state index is 0.347. The Balaban J connectivity index is 2.34. The van der Waals surface area contributed by atoms with Crippen LogP contribution in [0.4, 0.5) is 4.79 Å². The standard InChI is InChI=1S/C6H8N4O2/c7-3-1-2-5-4-9-10(12-5)6(8)11/h4,9H,1-2H2,(H2,8,11). The van der Waals surface area contributed by atoms with E-state index in [9.17, 15) is 4.79 Å². The van der Waals surface area contributed by atoms with Crippen LogP contribution < -0.4 is 11.2 Å². The number of allylic oxidation sites excluding steroid dienone is 1. The van der Waals surface area contributed by atoms with Crippen molar-refractivity contribution < 1.29 is 9.63 Å². The maximum absolute atomic E-state index is 10.5. The summed E-state index contributed by atoms with van der Waals surface area (Å²) < 4.78 is 0. The van der Waals surface area contributed by atoms with Crippen LogP contribution in [0.3, 0.4) is 0 Å². The highest BCUT2D eigenvalue weighted by Gasteiger charge is 2.17. The molecule has 0 aromatic heterocycles. The highest BCUT2D eigenvalue weighted by molar-refractivity contribution is 5.70. The number of hydrogen-bond donors (Lipinski definition) is 2. The molecule has 12 heavy (non-hydrogen) atoms. The summed E-state index contributed by atoms with van der Waals surface area (Å²) in [5.41, 5.74) is 7.37. The molecule has 1 rings (SSSR count). The van der Waals surface area contributed by atoms with Crippen molar-refractivity contribution in [1.82, 2.24) is 10.6 Å². The zero-order valence-corrected chi connectivity index (χ0v) is 6.28. The zero-order chi connectivity index (χ0) is 8.97. The number of hydrazine groups is 1. The molecule has 0 saturated heterocycles. The van der Waals surface area contributed by atoms with Gasteiger partial charge in [0.05, 0.1) is 12.3 Å². The Morgan fingerprint density at radius 3 is 3.17 bits per heavy atom. The number of primary amides is 1. The lowest BCUT2D eigenvalue weighted by Crippen LogP contribution is -2.39. The first-order chi connectivity index (χ1) is 5.74. The first kappa shape index (κ1) is 8.20. The minimum Gasteiger partial charge on any atom is -0.357 e. The predicted molar refractivity (Wildman–Crippen MR) is 38.6 cm³/mol. The fourth-order valence-corrected chi connectivity index (χ4v) is 0.706. The molecule has 0 atom stereocenters. The van der Waals surface area contributed by atoms with E-state index in [1.54, 1.807) is 0 Å². The van der Waals surface area contributed by atoms with Gasteiger partial charge in [0.25, 0.3) is 0 Å². The Kier molecular flexibility index (Phi) is 2.38. The van der Waals surface area contributed by atoms with Crippen LogP contribution >= 0.6 is 0 Å². The lowest BCUT2D eigenvalue weighted by molar-refractivity contribution is -0.0782. The van der Waals surface area contributed by atoms with Crippen molar-refractivity contribution in [3.63, 3.8) is 0 Å². The average Bonchev–Trinajstić information content (AvgIpc) is 2.48. The van der Waals surface area contributed by atoms with Crippen LogP contribution in [0.2, 0.25) is 0 Å². The van der Waals surface area contributed by atoms with Crippen LogP contribution in [0, 0.1) is 11.3 Å². The Morgan fingerprint density at radius 1 is 1.92 bits per heavy atom. The molecule has 0 fully saturated rings. The summed E-state index contributed by atoms with van der Waals surface area (Å²) in [4.78, 5) is 15.4. The second-order valence-electron chi connectivity index (χ2n) is 2.12. The molecule has 0 unspecified atom stereocenters. The third kappa shape index (κ3) is 1.79. The quantitative estimate of drug-likeness (QED) is 0.605. The van der Waals surface area contributed by atoms with E-state index < -0.39 is 6.03 Å². The van der Waals surface area contributed by atoms with Gasteiger partial charge in [-0.15, -0.1) is 0 Å². The molecule has 1 aliphatic rings. The normalized spacial score (nSPS) is 14.2. The molecule has 3 N–H and O–H groups in total. The molecule has 0 spiro atoms. The highest BCUT2D eigenvalue weighted by Crippen LogP contribution is 2.11. The van der Waals surface area contributed by atoms with Gasteiger partial charge in [-0.1, -0.05) is 5.17 Å². The van der Waals surface area contributed by atoms with E-state index in [4.69, 9.17) is 15.8 Å². The van der Waals surface area contributed by atoms with Gasteiger partial charge >= 0.3 is 6.03 Å². The average molecular weight is 168 g/mol. The summed E-state index contributed by atoms with van der Waals surface area (Å²) in [6.45, 7) is 0. The zero-order valence-electron chi connectivity index (χ0n) is 6.28. The first-order valence-corrected chi connectivity index (χ1v) is 3.33. The number of rotatable bonds is 2. The summed E-state index contributed by atoms with van der Waals surface area (Å²) in [6, 6.07) is 1.23. The number of nitrogens with one attached hydrogen (secondary N) is 1. The van der Waals surface area contributed by atoms with E-state index in [0.717, 1.165) is 5.17 Å². The van der Waals surface area contributed by atoms with Gasteiger partial charge in [-0.05, 0) is 0 Å². The van der Waals surface area contributed by atoms with Crippen LogP contribution in [0.25, 0.3) is 0 Å². The molecular weight excluding hydrogens is 160 g/mol. The number of hydroxylamine groups is 1. The third-order valence-electron chi connectivity index (χ3n) is 1.23. The number of amides is 2. The van der Waals surface area contributed by atoms with Crippen molar-refractivity contribution in [2.75, 3.05) is 0 Å². The number of nitriles is 1. The summed E-state index contributed by atoms with van der Waals surface area (Å²) >= 11 is 0. The van der Waals surface area contributed by atoms with Gasteiger partial charge in [-0.3, -0.25) is 5.43 Å². The Bertz CT molecular complexity index is 255. The van der Waals surface area contributed by atoms with E-state index in [-0.39, 0.29) is 0 Å². The molecule has 0 aliphatic carbocycles. The second-order valence-corrected chi connectivity index (χ2v) is 2.12. The smallest absolute Gasteiger partial charge is 0.357 e. The van der Waals surface area contributed by atoms with Gasteiger partial charge in [0, 0.05) is 12.8 Å². The van der Waals surface area contributed by atoms with Crippen molar-refractivity contribution >= 4 is 6.03 Å². The number of hydrogen-bond acceptors (Lipinski definition) is 4. The number of carbonyl (C=O) groups excluding carboxylic acids is 1. The minimum atomic E-state index is -0.724.